The van der Waals surface area contributed by atoms with Crippen molar-refractivity contribution in [2.45, 2.75) is 6.42 Å². The highest BCUT2D eigenvalue weighted by atomic mass is 32.2. The van der Waals surface area contributed by atoms with Crippen molar-refractivity contribution in [2.75, 3.05) is 24.3 Å². The second-order valence-electron chi connectivity index (χ2n) is 3.16. The summed E-state index contributed by atoms with van der Waals surface area (Å²) in [5, 5.41) is 2.63. The molecule has 0 bridgehead atoms. The number of nitrogens with two attached hydrogens (primary N) is 1. The average molecular weight is 243 g/mol. The third kappa shape index (κ3) is 3.37. The predicted molar refractivity (Wildman–Crippen MR) is 63.9 cm³/mol. The molecular formula is C10H14FN3OS. The molecule has 0 aromatic carbocycles. The van der Waals surface area contributed by atoms with Gasteiger partial charge in [0.25, 0.3) is 5.91 Å². The Morgan fingerprint density at radius 3 is 3.12 bits per heavy atom. The normalized spacial score (nSPS) is 10.1. The van der Waals surface area contributed by atoms with E-state index in [1.807, 2.05) is 6.26 Å². The van der Waals surface area contributed by atoms with Gasteiger partial charge in [0.1, 0.15) is 0 Å². The number of hydrogen-bond acceptors (Lipinski definition) is 4. The summed E-state index contributed by atoms with van der Waals surface area (Å²) in [7, 11) is 0. The largest absolute Gasteiger partial charge is 0.381 e. The maximum absolute atomic E-state index is 13.4. The Morgan fingerprint density at radius 1 is 1.69 bits per heavy atom. The van der Waals surface area contributed by atoms with Crippen molar-refractivity contribution < 1.29 is 9.18 Å². The molecule has 0 aliphatic rings. The van der Waals surface area contributed by atoms with Crippen LogP contribution in [0.3, 0.4) is 0 Å². The molecule has 16 heavy (non-hydrogen) atoms. The Kier molecular flexibility index (Phi) is 5.04. The van der Waals surface area contributed by atoms with Crippen LogP contribution in [0.1, 0.15) is 16.8 Å². The van der Waals surface area contributed by atoms with Crippen LogP contribution in [0, 0.1) is 5.82 Å². The average Bonchev–Trinajstić information content (AvgIpc) is 2.28. The number of aromatic nitrogens is 1. The second kappa shape index (κ2) is 6.32. The van der Waals surface area contributed by atoms with Crippen molar-refractivity contribution in [3.63, 3.8) is 0 Å². The first-order valence-corrected chi connectivity index (χ1v) is 6.23. The molecule has 1 rings (SSSR count). The molecule has 0 aliphatic heterocycles. The standard InChI is InChI=1S/C10H14FN3OS/c1-16-6-2-4-14-10(15)7-3-5-13-9(12)8(7)11/h3,5H,2,4,6H2,1H3,(H2,12,13)(H,14,15). The number of carbonyl (C=O) groups is 1. The van der Waals surface area contributed by atoms with Crippen LogP contribution in [0.5, 0.6) is 0 Å². The number of nitrogen functional groups attached to an aromatic ring is 1. The molecule has 0 atom stereocenters. The third-order valence-electron chi connectivity index (χ3n) is 1.97. The molecule has 88 valence electrons. The number of halogens is 1. The van der Waals surface area contributed by atoms with Crippen LogP contribution in [0.15, 0.2) is 12.3 Å². The van der Waals surface area contributed by atoms with Crippen LogP contribution in [-0.2, 0) is 0 Å². The van der Waals surface area contributed by atoms with E-state index in [2.05, 4.69) is 10.3 Å². The Hall–Kier alpha value is -1.30. The minimum absolute atomic E-state index is 0.0587. The van der Waals surface area contributed by atoms with E-state index >= 15 is 0 Å². The fourth-order valence-corrected chi connectivity index (χ4v) is 1.58. The molecule has 0 radical (unpaired) electrons. The topological polar surface area (TPSA) is 68.0 Å². The molecule has 1 heterocycles. The Labute approximate surface area is 97.8 Å². The fourth-order valence-electron chi connectivity index (χ4n) is 1.15. The number of rotatable bonds is 5. The van der Waals surface area contributed by atoms with Crippen molar-refractivity contribution in [3.8, 4) is 0 Å². The zero-order valence-corrected chi connectivity index (χ0v) is 9.81. The molecule has 0 saturated heterocycles. The highest BCUT2D eigenvalue weighted by Gasteiger charge is 2.13. The van der Waals surface area contributed by atoms with E-state index in [0.717, 1.165) is 12.2 Å². The first-order valence-electron chi connectivity index (χ1n) is 4.84. The summed E-state index contributed by atoms with van der Waals surface area (Å²) in [6, 6.07) is 1.32. The van der Waals surface area contributed by atoms with E-state index in [0.29, 0.717) is 6.54 Å². The molecule has 0 aliphatic carbocycles. The van der Waals surface area contributed by atoms with Gasteiger partial charge in [-0.15, -0.1) is 0 Å². The zero-order valence-electron chi connectivity index (χ0n) is 9.00. The molecule has 0 unspecified atom stereocenters. The van der Waals surface area contributed by atoms with E-state index in [1.54, 1.807) is 11.8 Å². The summed E-state index contributed by atoms with van der Waals surface area (Å²) < 4.78 is 13.4. The van der Waals surface area contributed by atoms with Crippen LogP contribution in [-0.4, -0.2) is 29.4 Å². The SMILES string of the molecule is CSCCCNC(=O)c1ccnc(N)c1F. The van der Waals surface area contributed by atoms with Crippen LogP contribution in [0.4, 0.5) is 10.2 Å². The monoisotopic (exact) mass is 243 g/mol. The van der Waals surface area contributed by atoms with Crippen LogP contribution in [0.2, 0.25) is 0 Å². The summed E-state index contributed by atoms with van der Waals surface area (Å²) >= 11 is 1.70. The molecule has 0 fully saturated rings. The molecule has 3 N–H and O–H groups in total. The Morgan fingerprint density at radius 2 is 2.44 bits per heavy atom. The molecule has 0 saturated carbocycles. The van der Waals surface area contributed by atoms with Gasteiger partial charge in [0.2, 0.25) is 0 Å². The number of nitrogens with zero attached hydrogens (tertiary/aromatic N) is 1. The molecule has 0 spiro atoms. The van der Waals surface area contributed by atoms with Gasteiger partial charge in [0, 0.05) is 12.7 Å². The summed E-state index contributed by atoms with van der Waals surface area (Å²) in [5.74, 6) is -0.504. The van der Waals surface area contributed by atoms with Crippen LogP contribution < -0.4 is 11.1 Å². The van der Waals surface area contributed by atoms with Crippen LogP contribution >= 0.6 is 11.8 Å². The minimum atomic E-state index is -0.759. The molecule has 6 heteroatoms. The predicted octanol–water partition coefficient (Wildman–Crippen LogP) is 1.29. The summed E-state index contributed by atoms with van der Waals surface area (Å²) in [4.78, 5) is 15.1. The van der Waals surface area contributed by atoms with Crippen molar-refractivity contribution in [2.24, 2.45) is 0 Å². The van der Waals surface area contributed by atoms with Gasteiger partial charge in [-0.25, -0.2) is 9.37 Å². The van der Waals surface area contributed by atoms with Gasteiger partial charge in [0.05, 0.1) is 5.56 Å². The minimum Gasteiger partial charge on any atom is -0.381 e. The first-order chi connectivity index (χ1) is 7.66. The van der Waals surface area contributed by atoms with Crippen molar-refractivity contribution >= 4 is 23.5 Å². The molecule has 1 amide bonds. The van der Waals surface area contributed by atoms with Gasteiger partial charge < -0.3 is 11.1 Å². The Balaban J connectivity index is 2.56. The molecule has 1 aromatic heterocycles. The molecule has 4 nitrogen and oxygen atoms in total. The van der Waals surface area contributed by atoms with Gasteiger partial charge in [-0.2, -0.15) is 11.8 Å². The molecule has 1 aromatic rings. The lowest BCUT2D eigenvalue weighted by atomic mass is 10.2. The number of hydrogen-bond donors (Lipinski definition) is 2. The maximum atomic E-state index is 13.4. The van der Waals surface area contributed by atoms with Gasteiger partial charge in [-0.1, -0.05) is 0 Å². The quantitative estimate of drug-likeness (QED) is 0.765. The van der Waals surface area contributed by atoms with E-state index in [1.165, 1.54) is 12.3 Å². The van der Waals surface area contributed by atoms with E-state index < -0.39 is 11.7 Å². The highest BCUT2D eigenvalue weighted by molar-refractivity contribution is 7.98. The lowest BCUT2D eigenvalue weighted by Gasteiger charge is -2.06. The summed E-state index contributed by atoms with van der Waals surface area (Å²) in [6.07, 6.45) is 4.16. The number of anilines is 1. The Bertz CT molecular complexity index is 373. The van der Waals surface area contributed by atoms with Gasteiger partial charge in [0.15, 0.2) is 11.6 Å². The van der Waals surface area contributed by atoms with E-state index in [-0.39, 0.29) is 11.4 Å². The van der Waals surface area contributed by atoms with Gasteiger partial charge in [-0.3, -0.25) is 4.79 Å². The van der Waals surface area contributed by atoms with E-state index in [9.17, 15) is 9.18 Å². The first kappa shape index (κ1) is 12.8. The highest BCUT2D eigenvalue weighted by Crippen LogP contribution is 2.11. The number of thioether (sulfide) groups is 1. The van der Waals surface area contributed by atoms with Crippen molar-refractivity contribution in [3.05, 3.63) is 23.6 Å². The number of carbonyl (C=O) groups excluding carboxylic acids is 1. The van der Waals surface area contributed by atoms with Gasteiger partial charge >= 0.3 is 0 Å². The smallest absolute Gasteiger partial charge is 0.254 e. The van der Waals surface area contributed by atoms with Crippen molar-refractivity contribution in [1.29, 1.82) is 0 Å². The number of pyridine rings is 1. The van der Waals surface area contributed by atoms with Crippen molar-refractivity contribution in [1.82, 2.24) is 10.3 Å². The third-order valence-corrected chi connectivity index (χ3v) is 2.67. The van der Waals surface area contributed by atoms with Crippen LogP contribution in [0.25, 0.3) is 0 Å². The lowest BCUT2D eigenvalue weighted by Crippen LogP contribution is -2.26. The zero-order chi connectivity index (χ0) is 12.0. The lowest BCUT2D eigenvalue weighted by molar-refractivity contribution is 0.0949. The summed E-state index contributed by atoms with van der Waals surface area (Å²) in [6.45, 7) is 0.529. The fraction of sp³-hybridized carbons (Fsp3) is 0.400. The number of amides is 1. The van der Waals surface area contributed by atoms with Gasteiger partial charge in [-0.05, 0) is 24.5 Å². The molecular weight excluding hydrogens is 229 g/mol. The summed E-state index contributed by atoms with van der Waals surface area (Å²) in [5.41, 5.74) is 5.21. The second-order valence-corrected chi connectivity index (χ2v) is 4.15. The number of nitrogens with one attached hydrogen (secondary N) is 1. The van der Waals surface area contributed by atoms with E-state index in [4.69, 9.17) is 5.73 Å². The maximum Gasteiger partial charge on any atom is 0.254 e.